The third-order valence-electron chi connectivity index (χ3n) is 4.44. The molecule has 4 rings (SSSR count). The van der Waals surface area contributed by atoms with Crippen molar-refractivity contribution in [3.63, 3.8) is 0 Å². The summed E-state index contributed by atoms with van der Waals surface area (Å²) >= 11 is 0. The fourth-order valence-electron chi connectivity index (χ4n) is 2.93. The quantitative estimate of drug-likeness (QED) is 0.644. The molecular weight excluding hydrogens is 303 g/mol. The predicted octanol–water partition coefficient (Wildman–Crippen LogP) is 4.85. The number of hydrogen-bond acceptors (Lipinski definition) is 2. The van der Waals surface area contributed by atoms with Crippen molar-refractivity contribution in [2.24, 2.45) is 0 Å². The number of carbonyl (C=O) groups excluding carboxylic acids is 1. The molecule has 0 atom stereocenters. The summed E-state index contributed by atoms with van der Waals surface area (Å²) in [6, 6.07) is 14.3. The molecule has 24 heavy (non-hydrogen) atoms. The van der Waals surface area contributed by atoms with Crippen molar-refractivity contribution in [3.05, 3.63) is 65.6 Å². The average molecular weight is 320 g/mol. The van der Waals surface area contributed by atoms with Gasteiger partial charge in [-0.1, -0.05) is 23.8 Å². The van der Waals surface area contributed by atoms with Gasteiger partial charge in [0.2, 0.25) is 6.41 Å². The molecule has 3 aromatic rings. The Morgan fingerprint density at radius 1 is 1.12 bits per heavy atom. The number of aryl methyl sites for hydroxylation is 1. The molecule has 0 radical (unpaired) electrons. The molecule has 0 bridgehead atoms. The number of pyridine rings is 1. The highest BCUT2D eigenvalue weighted by Gasteiger charge is 2.27. The van der Waals surface area contributed by atoms with Crippen LogP contribution in [-0.2, 0) is 4.79 Å². The lowest BCUT2D eigenvalue weighted by Gasteiger charge is -2.20. The standard InChI is InChI=1S/C20H17FN2O/c1-13-2-8-17(9-3-13)23(12-24)20-18-11-16(21)7-6-15(18)10-19(22-20)14-4-5-14/h2-3,6-12,14H,4-5H2,1H3. The smallest absolute Gasteiger partial charge is 0.219 e. The zero-order valence-electron chi connectivity index (χ0n) is 13.4. The second-order valence-electron chi connectivity index (χ2n) is 6.32. The van der Waals surface area contributed by atoms with Crippen LogP contribution in [0.1, 0.15) is 30.0 Å². The van der Waals surface area contributed by atoms with E-state index >= 15 is 0 Å². The number of nitrogens with zero attached hydrogens (tertiary/aromatic N) is 2. The minimum Gasteiger partial charge on any atom is -0.278 e. The Bertz CT molecular complexity index is 917. The molecule has 2 aromatic carbocycles. The fraction of sp³-hybridized carbons (Fsp3) is 0.200. The highest BCUT2D eigenvalue weighted by atomic mass is 19.1. The fourth-order valence-corrected chi connectivity index (χ4v) is 2.93. The van der Waals surface area contributed by atoms with E-state index in [9.17, 15) is 9.18 Å². The molecule has 3 nitrogen and oxygen atoms in total. The largest absolute Gasteiger partial charge is 0.278 e. The van der Waals surface area contributed by atoms with Crippen molar-refractivity contribution in [3.8, 4) is 0 Å². The molecule has 1 heterocycles. The Labute approximate surface area is 139 Å². The SMILES string of the molecule is Cc1ccc(N(C=O)c2nc(C3CC3)cc3ccc(F)cc23)cc1. The molecule has 4 heteroatoms. The van der Waals surface area contributed by atoms with E-state index < -0.39 is 0 Å². The maximum absolute atomic E-state index is 13.8. The molecule has 0 saturated heterocycles. The van der Waals surface area contributed by atoms with Crippen LogP contribution in [0.25, 0.3) is 10.8 Å². The van der Waals surface area contributed by atoms with Gasteiger partial charge in [-0.25, -0.2) is 9.37 Å². The summed E-state index contributed by atoms with van der Waals surface area (Å²) in [5.41, 5.74) is 2.81. The summed E-state index contributed by atoms with van der Waals surface area (Å²) in [5.74, 6) is 0.608. The first-order valence-corrected chi connectivity index (χ1v) is 8.07. The first-order chi connectivity index (χ1) is 11.7. The van der Waals surface area contributed by atoms with E-state index in [0.717, 1.165) is 41.6 Å². The molecule has 1 aliphatic carbocycles. The van der Waals surface area contributed by atoms with Gasteiger partial charge in [-0.05, 0) is 55.5 Å². The highest BCUT2D eigenvalue weighted by Crippen LogP contribution is 2.42. The molecule has 0 unspecified atom stereocenters. The number of benzene rings is 2. The predicted molar refractivity (Wildman–Crippen MR) is 93.1 cm³/mol. The van der Waals surface area contributed by atoms with Crippen LogP contribution in [0.2, 0.25) is 0 Å². The zero-order chi connectivity index (χ0) is 16.7. The summed E-state index contributed by atoms with van der Waals surface area (Å²) in [7, 11) is 0. The van der Waals surface area contributed by atoms with E-state index in [2.05, 4.69) is 0 Å². The van der Waals surface area contributed by atoms with Gasteiger partial charge in [-0.3, -0.25) is 9.69 Å². The van der Waals surface area contributed by atoms with Crippen molar-refractivity contribution < 1.29 is 9.18 Å². The molecular formula is C20H17FN2O. The average Bonchev–Trinajstić information content (AvgIpc) is 3.42. The number of hydrogen-bond donors (Lipinski definition) is 0. The topological polar surface area (TPSA) is 33.2 Å². The van der Waals surface area contributed by atoms with Gasteiger partial charge in [0.1, 0.15) is 11.6 Å². The monoisotopic (exact) mass is 320 g/mol. The first-order valence-electron chi connectivity index (χ1n) is 8.07. The minimum absolute atomic E-state index is 0.334. The van der Waals surface area contributed by atoms with Gasteiger partial charge in [0.05, 0.1) is 5.69 Å². The third kappa shape index (κ3) is 2.64. The number of carbonyl (C=O) groups is 1. The second-order valence-corrected chi connectivity index (χ2v) is 6.32. The van der Waals surface area contributed by atoms with Gasteiger partial charge in [-0.15, -0.1) is 0 Å². The summed E-state index contributed by atoms with van der Waals surface area (Å²) in [5, 5.41) is 1.55. The Morgan fingerprint density at radius 3 is 2.54 bits per heavy atom. The van der Waals surface area contributed by atoms with E-state index in [1.807, 2.05) is 37.3 Å². The lowest BCUT2D eigenvalue weighted by atomic mass is 10.1. The Morgan fingerprint density at radius 2 is 1.88 bits per heavy atom. The van der Waals surface area contributed by atoms with Crippen molar-refractivity contribution in [2.45, 2.75) is 25.7 Å². The maximum atomic E-state index is 13.8. The van der Waals surface area contributed by atoms with Gasteiger partial charge in [-0.2, -0.15) is 0 Å². The summed E-state index contributed by atoms with van der Waals surface area (Å²) in [6.07, 6.45) is 2.98. The van der Waals surface area contributed by atoms with Gasteiger partial charge < -0.3 is 0 Å². The van der Waals surface area contributed by atoms with Crippen LogP contribution >= 0.6 is 0 Å². The molecule has 0 N–H and O–H groups in total. The molecule has 1 fully saturated rings. The number of amides is 1. The van der Waals surface area contributed by atoms with E-state index in [4.69, 9.17) is 4.98 Å². The van der Waals surface area contributed by atoms with Crippen LogP contribution in [0.5, 0.6) is 0 Å². The van der Waals surface area contributed by atoms with Crippen molar-refractivity contribution in [1.29, 1.82) is 0 Å². The van der Waals surface area contributed by atoms with Crippen LogP contribution in [0.3, 0.4) is 0 Å². The molecule has 0 aliphatic heterocycles. The van der Waals surface area contributed by atoms with Crippen molar-refractivity contribution in [2.75, 3.05) is 4.90 Å². The van der Waals surface area contributed by atoms with Crippen LogP contribution < -0.4 is 4.90 Å². The van der Waals surface area contributed by atoms with Crippen molar-refractivity contribution in [1.82, 2.24) is 4.98 Å². The summed E-state index contributed by atoms with van der Waals surface area (Å²) in [6.45, 7) is 1.99. The lowest BCUT2D eigenvalue weighted by molar-refractivity contribution is -0.106. The van der Waals surface area contributed by atoms with Crippen LogP contribution in [0.4, 0.5) is 15.9 Å². The summed E-state index contributed by atoms with van der Waals surface area (Å²) in [4.78, 5) is 18.0. The number of rotatable bonds is 4. The van der Waals surface area contributed by atoms with Crippen molar-refractivity contribution >= 4 is 28.7 Å². The molecule has 120 valence electrons. The Balaban J connectivity index is 1.93. The van der Waals surface area contributed by atoms with E-state index in [1.54, 1.807) is 6.07 Å². The Hall–Kier alpha value is -2.75. The van der Waals surface area contributed by atoms with Gasteiger partial charge >= 0.3 is 0 Å². The third-order valence-corrected chi connectivity index (χ3v) is 4.44. The molecule has 1 aromatic heterocycles. The van der Waals surface area contributed by atoms with Crippen LogP contribution in [-0.4, -0.2) is 11.4 Å². The number of fused-ring (bicyclic) bond motifs is 1. The van der Waals surface area contributed by atoms with Gasteiger partial charge in [0, 0.05) is 17.0 Å². The minimum atomic E-state index is -0.334. The number of anilines is 2. The molecule has 1 aliphatic rings. The van der Waals surface area contributed by atoms with Gasteiger partial charge in [0.25, 0.3) is 0 Å². The van der Waals surface area contributed by atoms with E-state index in [0.29, 0.717) is 17.1 Å². The number of halogens is 1. The van der Waals surface area contributed by atoms with Crippen LogP contribution in [0.15, 0.2) is 48.5 Å². The second kappa shape index (κ2) is 5.71. The highest BCUT2D eigenvalue weighted by molar-refractivity contribution is 6.00. The Kier molecular flexibility index (Phi) is 3.53. The molecule has 1 amide bonds. The lowest BCUT2D eigenvalue weighted by Crippen LogP contribution is -2.16. The number of aromatic nitrogens is 1. The molecule has 0 spiro atoms. The van der Waals surface area contributed by atoms with Gasteiger partial charge in [0.15, 0.2) is 0 Å². The molecule has 1 saturated carbocycles. The normalized spacial score (nSPS) is 13.9. The first kappa shape index (κ1) is 14.8. The van der Waals surface area contributed by atoms with E-state index in [1.165, 1.54) is 17.0 Å². The zero-order valence-corrected chi connectivity index (χ0v) is 13.4. The van der Waals surface area contributed by atoms with E-state index in [-0.39, 0.29) is 5.82 Å². The summed E-state index contributed by atoms with van der Waals surface area (Å²) < 4.78 is 13.8. The van der Waals surface area contributed by atoms with Crippen LogP contribution in [0, 0.1) is 12.7 Å². The maximum Gasteiger partial charge on any atom is 0.219 e.